The van der Waals surface area contributed by atoms with Crippen molar-refractivity contribution in [2.24, 2.45) is 5.92 Å². The second-order valence-electron chi connectivity index (χ2n) is 5.27. The van der Waals surface area contributed by atoms with Gasteiger partial charge >= 0.3 is 0 Å². The number of ether oxygens (including phenoxy) is 1. The number of allylic oxidation sites excluding steroid dienone is 1. The third kappa shape index (κ3) is 1.42. The molecule has 1 atom stereocenters. The molecular formula is C13H20O. The van der Waals surface area contributed by atoms with Gasteiger partial charge in [-0.2, -0.15) is 0 Å². The van der Waals surface area contributed by atoms with Crippen LogP contribution in [-0.4, -0.2) is 12.2 Å². The van der Waals surface area contributed by atoms with Gasteiger partial charge in [-0.1, -0.05) is 11.6 Å². The topological polar surface area (TPSA) is 9.23 Å². The fraction of sp³-hybridized carbons (Fsp3) is 0.846. The van der Waals surface area contributed by atoms with Crippen molar-refractivity contribution in [1.82, 2.24) is 0 Å². The normalized spacial score (nSPS) is 35.4. The van der Waals surface area contributed by atoms with E-state index in [1.165, 1.54) is 51.4 Å². The molecule has 0 bridgehead atoms. The summed E-state index contributed by atoms with van der Waals surface area (Å²) in [6, 6.07) is 0. The van der Waals surface area contributed by atoms with Crippen LogP contribution in [0, 0.1) is 5.92 Å². The maximum Gasteiger partial charge on any atom is 0.0689 e. The molecule has 2 fully saturated rings. The van der Waals surface area contributed by atoms with E-state index in [1.54, 1.807) is 5.57 Å². The summed E-state index contributed by atoms with van der Waals surface area (Å²) >= 11 is 0. The van der Waals surface area contributed by atoms with E-state index in [2.05, 4.69) is 6.08 Å². The Labute approximate surface area is 86.5 Å². The third-order valence-corrected chi connectivity index (χ3v) is 4.32. The Morgan fingerprint density at radius 3 is 2.71 bits per heavy atom. The van der Waals surface area contributed by atoms with Crippen molar-refractivity contribution in [2.75, 3.05) is 6.61 Å². The molecule has 78 valence electrons. The minimum absolute atomic E-state index is 0.350. The second kappa shape index (κ2) is 3.37. The lowest BCUT2D eigenvalue weighted by Gasteiger charge is -2.37. The lowest BCUT2D eigenvalue weighted by Crippen LogP contribution is -2.35. The third-order valence-electron chi connectivity index (χ3n) is 4.32. The summed E-state index contributed by atoms with van der Waals surface area (Å²) in [7, 11) is 0. The van der Waals surface area contributed by atoms with Crippen molar-refractivity contribution in [3.05, 3.63) is 11.6 Å². The minimum Gasteiger partial charge on any atom is -0.374 e. The zero-order valence-electron chi connectivity index (χ0n) is 8.93. The highest BCUT2D eigenvalue weighted by atomic mass is 16.5. The molecule has 3 aliphatic rings. The first-order valence-electron chi connectivity index (χ1n) is 6.21. The van der Waals surface area contributed by atoms with Crippen molar-refractivity contribution >= 4 is 0 Å². The molecule has 0 amide bonds. The molecule has 0 aromatic carbocycles. The van der Waals surface area contributed by atoms with E-state index in [-0.39, 0.29) is 0 Å². The summed E-state index contributed by atoms with van der Waals surface area (Å²) < 4.78 is 6.00. The molecule has 1 saturated carbocycles. The van der Waals surface area contributed by atoms with E-state index < -0.39 is 0 Å². The standard InChI is InChI=1S/C13H20O/c1-2-5-11(6-3-1)12-9-13(14-10-12)7-4-8-13/h5,12H,1-4,6-10H2. The van der Waals surface area contributed by atoms with Crippen LogP contribution in [-0.2, 0) is 4.74 Å². The quantitative estimate of drug-likeness (QED) is 0.578. The molecule has 1 aliphatic heterocycles. The zero-order valence-corrected chi connectivity index (χ0v) is 8.93. The van der Waals surface area contributed by atoms with E-state index >= 15 is 0 Å². The van der Waals surface area contributed by atoms with Gasteiger partial charge in [0.25, 0.3) is 0 Å². The molecule has 1 unspecified atom stereocenters. The highest BCUT2D eigenvalue weighted by molar-refractivity contribution is 5.14. The first kappa shape index (κ1) is 8.96. The number of rotatable bonds is 1. The van der Waals surface area contributed by atoms with Gasteiger partial charge in [-0.05, 0) is 51.4 Å². The fourth-order valence-electron chi connectivity index (χ4n) is 3.24. The van der Waals surface area contributed by atoms with Crippen LogP contribution in [0.2, 0.25) is 0 Å². The Kier molecular flexibility index (Phi) is 2.16. The van der Waals surface area contributed by atoms with Crippen molar-refractivity contribution in [2.45, 2.75) is 57.0 Å². The van der Waals surface area contributed by atoms with Crippen molar-refractivity contribution in [3.63, 3.8) is 0 Å². The summed E-state index contributed by atoms with van der Waals surface area (Å²) in [5.74, 6) is 0.788. The summed E-state index contributed by atoms with van der Waals surface area (Å²) in [6.07, 6.45) is 13.4. The zero-order chi connectivity index (χ0) is 9.43. The van der Waals surface area contributed by atoms with Crippen molar-refractivity contribution in [1.29, 1.82) is 0 Å². The van der Waals surface area contributed by atoms with E-state index in [4.69, 9.17) is 4.74 Å². The summed E-state index contributed by atoms with van der Waals surface area (Å²) in [4.78, 5) is 0. The van der Waals surface area contributed by atoms with Gasteiger partial charge in [0.15, 0.2) is 0 Å². The maximum absolute atomic E-state index is 6.00. The molecule has 1 spiro atoms. The van der Waals surface area contributed by atoms with E-state index in [9.17, 15) is 0 Å². The number of hydrogen-bond acceptors (Lipinski definition) is 1. The summed E-state index contributed by atoms with van der Waals surface area (Å²) in [5.41, 5.74) is 2.07. The van der Waals surface area contributed by atoms with Gasteiger partial charge in [0, 0.05) is 5.92 Å². The van der Waals surface area contributed by atoms with Crippen LogP contribution in [0.3, 0.4) is 0 Å². The Bertz CT molecular complexity index is 250. The highest BCUT2D eigenvalue weighted by Gasteiger charge is 2.45. The molecule has 0 aromatic heterocycles. The second-order valence-corrected chi connectivity index (χ2v) is 5.27. The molecule has 1 nitrogen and oxygen atoms in total. The molecule has 0 aromatic rings. The Balaban J connectivity index is 1.66. The van der Waals surface area contributed by atoms with Crippen LogP contribution >= 0.6 is 0 Å². The average Bonchev–Trinajstić information content (AvgIpc) is 2.63. The van der Waals surface area contributed by atoms with E-state index in [0.29, 0.717) is 5.60 Å². The fourth-order valence-corrected chi connectivity index (χ4v) is 3.24. The molecule has 14 heavy (non-hydrogen) atoms. The van der Waals surface area contributed by atoms with Crippen LogP contribution in [0.5, 0.6) is 0 Å². The van der Waals surface area contributed by atoms with Gasteiger partial charge in [-0.3, -0.25) is 0 Å². The molecule has 0 radical (unpaired) electrons. The molecule has 2 aliphatic carbocycles. The van der Waals surface area contributed by atoms with Crippen LogP contribution in [0.15, 0.2) is 11.6 Å². The van der Waals surface area contributed by atoms with Gasteiger partial charge in [-0.25, -0.2) is 0 Å². The Morgan fingerprint density at radius 1 is 1.21 bits per heavy atom. The lowest BCUT2D eigenvalue weighted by molar-refractivity contribution is -0.0563. The summed E-state index contributed by atoms with van der Waals surface area (Å²) in [5, 5.41) is 0. The first-order chi connectivity index (χ1) is 6.88. The van der Waals surface area contributed by atoms with Crippen LogP contribution in [0.4, 0.5) is 0 Å². The molecule has 1 saturated heterocycles. The van der Waals surface area contributed by atoms with Crippen molar-refractivity contribution < 1.29 is 4.74 Å². The highest BCUT2D eigenvalue weighted by Crippen LogP contribution is 2.48. The summed E-state index contributed by atoms with van der Waals surface area (Å²) in [6.45, 7) is 1.02. The Morgan fingerprint density at radius 2 is 2.14 bits per heavy atom. The predicted octanol–water partition coefficient (Wildman–Crippen LogP) is 3.45. The smallest absolute Gasteiger partial charge is 0.0689 e. The first-order valence-corrected chi connectivity index (χ1v) is 6.21. The lowest BCUT2D eigenvalue weighted by atomic mass is 9.74. The van der Waals surface area contributed by atoms with Gasteiger partial charge in [0.1, 0.15) is 0 Å². The molecule has 1 heteroatoms. The van der Waals surface area contributed by atoms with Crippen LogP contribution < -0.4 is 0 Å². The molecule has 3 rings (SSSR count). The van der Waals surface area contributed by atoms with Crippen molar-refractivity contribution in [3.8, 4) is 0 Å². The maximum atomic E-state index is 6.00. The SMILES string of the molecule is C1=C(C2COC3(CCC3)C2)CCCC1. The van der Waals surface area contributed by atoms with E-state index in [1.807, 2.05) is 0 Å². The van der Waals surface area contributed by atoms with Gasteiger partial charge in [-0.15, -0.1) is 0 Å². The molecule has 1 heterocycles. The predicted molar refractivity (Wildman–Crippen MR) is 57.2 cm³/mol. The van der Waals surface area contributed by atoms with Crippen LogP contribution in [0.25, 0.3) is 0 Å². The largest absolute Gasteiger partial charge is 0.374 e. The van der Waals surface area contributed by atoms with E-state index in [0.717, 1.165) is 12.5 Å². The van der Waals surface area contributed by atoms with Crippen LogP contribution in [0.1, 0.15) is 51.4 Å². The number of hydrogen-bond donors (Lipinski definition) is 0. The Hall–Kier alpha value is -0.300. The van der Waals surface area contributed by atoms with Gasteiger partial charge in [0.05, 0.1) is 12.2 Å². The monoisotopic (exact) mass is 192 g/mol. The molecular weight excluding hydrogens is 172 g/mol. The van der Waals surface area contributed by atoms with Gasteiger partial charge < -0.3 is 4.74 Å². The molecule has 0 N–H and O–H groups in total. The average molecular weight is 192 g/mol. The minimum atomic E-state index is 0.350. The van der Waals surface area contributed by atoms with Gasteiger partial charge in [0.2, 0.25) is 0 Å².